The number of thiophene rings is 1. The Balaban J connectivity index is 1.57. The highest BCUT2D eigenvalue weighted by Gasteiger charge is 2.11. The summed E-state index contributed by atoms with van der Waals surface area (Å²) < 4.78 is 31.7. The van der Waals surface area contributed by atoms with E-state index in [1.165, 1.54) is 0 Å². The van der Waals surface area contributed by atoms with Crippen LogP contribution in [0.5, 0.6) is 5.75 Å². The van der Waals surface area contributed by atoms with Gasteiger partial charge in [0.15, 0.2) is 0 Å². The number of nitrogens with one attached hydrogen (secondary N) is 1. The molecule has 0 saturated carbocycles. The summed E-state index contributed by atoms with van der Waals surface area (Å²) in [5.74, 6) is 1.30. The summed E-state index contributed by atoms with van der Waals surface area (Å²) in [5.41, 5.74) is 1.87. The Morgan fingerprint density at radius 2 is 2.00 bits per heavy atom. The maximum Gasteiger partial charge on any atom is 0.264 e. The minimum absolute atomic E-state index is 0.0713. The predicted molar refractivity (Wildman–Crippen MR) is 99.6 cm³/mol. The zero-order valence-corrected chi connectivity index (χ0v) is 15.6. The number of hydrogen-bond acceptors (Lipinski definition) is 7. The SMILES string of the molecule is CS(=O)(=O)OCC(O)COc1ccc(-c2ncc(-c3cccs3)[nH]2)cc1. The zero-order chi connectivity index (χ0) is 18.6. The van der Waals surface area contributed by atoms with Crippen molar-refractivity contribution < 1.29 is 22.4 Å². The van der Waals surface area contributed by atoms with Gasteiger partial charge in [-0.1, -0.05) is 6.07 Å². The molecule has 0 spiro atoms. The van der Waals surface area contributed by atoms with Crippen LogP contribution >= 0.6 is 11.3 Å². The van der Waals surface area contributed by atoms with Crippen molar-refractivity contribution in [3.05, 3.63) is 48.0 Å². The monoisotopic (exact) mass is 394 g/mol. The number of hydrogen-bond donors (Lipinski definition) is 2. The van der Waals surface area contributed by atoms with Crippen LogP contribution in [0.1, 0.15) is 0 Å². The highest BCUT2D eigenvalue weighted by atomic mass is 32.2. The molecule has 2 heterocycles. The van der Waals surface area contributed by atoms with Crippen molar-refractivity contribution in [3.8, 4) is 27.7 Å². The lowest BCUT2D eigenvalue weighted by Crippen LogP contribution is -2.24. The third-order valence-corrected chi connectivity index (χ3v) is 4.87. The molecule has 3 rings (SSSR count). The number of rotatable bonds is 8. The summed E-state index contributed by atoms with van der Waals surface area (Å²) in [6.45, 7) is -0.410. The van der Waals surface area contributed by atoms with Gasteiger partial charge in [-0.15, -0.1) is 11.3 Å². The highest BCUT2D eigenvalue weighted by molar-refractivity contribution is 7.85. The topological polar surface area (TPSA) is 102 Å². The van der Waals surface area contributed by atoms with Gasteiger partial charge in [-0.2, -0.15) is 8.42 Å². The molecule has 3 aromatic rings. The van der Waals surface area contributed by atoms with Gasteiger partial charge < -0.3 is 14.8 Å². The summed E-state index contributed by atoms with van der Waals surface area (Å²) in [4.78, 5) is 8.79. The molecule has 1 aromatic carbocycles. The van der Waals surface area contributed by atoms with Crippen LogP contribution in [0.4, 0.5) is 0 Å². The van der Waals surface area contributed by atoms with E-state index in [-0.39, 0.29) is 13.2 Å². The van der Waals surface area contributed by atoms with Gasteiger partial charge in [0, 0.05) is 5.56 Å². The fraction of sp³-hybridized carbons (Fsp3) is 0.235. The first kappa shape index (κ1) is 18.6. The average Bonchev–Trinajstić information content (AvgIpc) is 3.29. The van der Waals surface area contributed by atoms with Gasteiger partial charge >= 0.3 is 0 Å². The fourth-order valence-electron chi connectivity index (χ4n) is 2.18. The first-order valence-corrected chi connectivity index (χ1v) is 10.4. The van der Waals surface area contributed by atoms with Crippen LogP contribution < -0.4 is 4.74 Å². The van der Waals surface area contributed by atoms with Crippen molar-refractivity contribution in [3.63, 3.8) is 0 Å². The molecular formula is C17H18N2O5S2. The molecule has 7 nitrogen and oxygen atoms in total. The quantitative estimate of drug-likeness (QED) is 0.569. The van der Waals surface area contributed by atoms with Crippen molar-refractivity contribution in [1.82, 2.24) is 9.97 Å². The summed E-state index contributed by atoms with van der Waals surface area (Å²) in [5, 5.41) is 11.7. The molecule has 2 N–H and O–H groups in total. The molecule has 0 bridgehead atoms. The third kappa shape index (κ3) is 5.15. The number of H-pyrrole nitrogens is 1. The zero-order valence-electron chi connectivity index (χ0n) is 14.0. The molecule has 1 atom stereocenters. The molecular weight excluding hydrogens is 376 g/mol. The first-order valence-electron chi connectivity index (χ1n) is 7.75. The summed E-state index contributed by atoms with van der Waals surface area (Å²) in [7, 11) is -3.58. The van der Waals surface area contributed by atoms with E-state index in [4.69, 9.17) is 4.74 Å². The van der Waals surface area contributed by atoms with Crippen molar-refractivity contribution in [2.75, 3.05) is 19.5 Å². The average molecular weight is 394 g/mol. The van der Waals surface area contributed by atoms with E-state index in [2.05, 4.69) is 14.2 Å². The fourth-order valence-corrected chi connectivity index (χ4v) is 3.27. The smallest absolute Gasteiger partial charge is 0.264 e. The maximum atomic E-state index is 10.9. The van der Waals surface area contributed by atoms with E-state index in [0.717, 1.165) is 28.2 Å². The number of aromatic nitrogens is 2. The van der Waals surface area contributed by atoms with E-state index in [1.807, 2.05) is 29.6 Å². The van der Waals surface area contributed by atoms with Crippen molar-refractivity contribution in [2.24, 2.45) is 0 Å². The molecule has 9 heteroatoms. The van der Waals surface area contributed by atoms with Crippen molar-refractivity contribution in [2.45, 2.75) is 6.10 Å². The lowest BCUT2D eigenvalue weighted by Gasteiger charge is -2.12. The van der Waals surface area contributed by atoms with Crippen molar-refractivity contribution in [1.29, 1.82) is 0 Å². The van der Waals surface area contributed by atoms with Crippen LogP contribution in [-0.2, 0) is 14.3 Å². The molecule has 0 fully saturated rings. The van der Waals surface area contributed by atoms with E-state index < -0.39 is 16.2 Å². The van der Waals surface area contributed by atoms with Gasteiger partial charge in [0.1, 0.15) is 24.3 Å². The van der Waals surface area contributed by atoms with E-state index in [1.54, 1.807) is 29.7 Å². The van der Waals surface area contributed by atoms with E-state index in [0.29, 0.717) is 5.75 Å². The molecule has 2 aromatic heterocycles. The molecule has 26 heavy (non-hydrogen) atoms. The van der Waals surface area contributed by atoms with Crippen LogP contribution in [0.2, 0.25) is 0 Å². The second-order valence-corrected chi connectivity index (χ2v) is 8.19. The summed E-state index contributed by atoms with van der Waals surface area (Å²) >= 11 is 1.64. The van der Waals surface area contributed by atoms with Gasteiger partial charge in [0.05, 0.1) is 29.6 Å². The van der Waals surface area contributed by atoms with Crippen molar-refractivity contribution >= 4 is 21.5 Å². The second-order valence-electron chi connectivity index (χ2n) is 5.60. The molecule has 1 unspecified atom stereocenters. The normalized spacial score (nSPS) is 12.8. The molecule has 0 saturated heterocycles. The Morgan fingerprint density at radius 1 is 1.23 bits per heavy atom. The lowest BCUT2D eigenvalue weighted by atomic mass is 10.2. The predicted octanol–water partition coefficient (Wildman–Crippen LogP) is 2.52. The van der Waals surface area contributed by atoms with E-state index in [9.17, 15) is 13.5 Å². The molecule has 0 aliphatic heterocycles. The third-order valence-electron chi connectivity index (χ3n) is 3.41. The van der Waals surface area contributed by atoms with Gasteiger partial charge in [0.2, 0.25) is 0 Å². The lowest BCUT2D eigenvalue weighted by molar-refractivity contribution is 0.0652. The van der Waals surface area contributed by atoms with Gasteiger partial charge in [-0.25, -0.2) is 4.98 Å². The standard InChI is InChI=1S/C17H18N2O5S2/c1-26(21,22)24-11-13(20)10-23-14-6-4-12(5-7-14)17-18-9-15(19-17)16-3-2-8-25-16/h2-9,13,20H,10-11H2,1H3,(H,18,19). The van der Waals surface area contributed by atoms with Gasteiger partial charge in [-0.3, -0.25) is 4.18 Å². The number of imidazole rings is 1. The molecule has 138 valence electrons. The minimum atomic E-state index is -3.58. The van der Waals surface area contributed by atoms with Crippen LogP contribution in [0.15, 0.2) is 48.0 Å². The molecule has 0 radical (unpaired) electrons. The summed E-state index contributed by atoms with van der Waals surface area (Å²) in [6.07, 6.45) is 1.68. The minimum Gasteiger partial charge on any atom is -0.491 e. The highest BCUT2D eigenvalue weighted by Crippen LogP contribution is 2.26. The molecule has 0 aliphatic rings. The van der Waals surface area contributed by atoms with Gasteiger partial charge in [-0.05, 0) is 35.7 Å². The Bertz CT molecular complexity index is 934. The number of aromatic amines is 1. The van der Waals surface area contributed by atoms with Crippen LogP contribution in [-0.4, -0.2) is 49.1 Å². The molecule has 0 amide bonds. The van der Waals surface area contributed by atoms with Crippen LogP contribution in [0.25, 0.3) is 22.0 Å². The summed E-state index contributed by atoms with van der Waals surface area (Å²) in [6, 6.07) is 11.2. The van der Waals surface area contributed by atoms with Crippen LogP contribution in [0, 0.1) is 0 Å². The number of aliphatic hydroxyl groups excluding tert-OH is 1. The molecule has 0 aliphatic carbocycles. The van der Waals surface area contributed by atoms with Gasteiger partial charge in [0.25, 0.3) is 10.1 Å². The largest absolute Gasteiger partial charge is 0.491 e. The Hall–Kier alpha value is -2.20. The second kappa shape index (κ2) is 8.00. The number of benzene rings is 1. The number of nitrogens with zero attached hydrogens (tertiary/aromatic N) is 1. The van der Waals surface area contributed by atoms with Crippen LogP contribution in [0.3, 0.4) is 0 Å². The Labute approximate surface area is 155 Å². The Kier molecular flexibility index (Phi) is 5.72. The number of ether oxygens (including phenoxy) is 1. The Morgan fingerprint density at radius 3 is 2.65 bits per heavy atom. The first-order chi connectivity index (χ1) is 12.4. The van der Waals surface area contributed by atoms with E-state index >= 15 is 0 Å². The number of aliphatic hydroxyl groups is 1. The maximum absolute atomic E-state index is 10.9.